The summed E-state index contributed by atoms with van der Waals surface area (Å²) in [7, 11) is 0. The number of rotatable bonds is 3. The molecule has 1 aliphatic heterocycles. The van der Waals surface area contributed by atoms with Crippen LogP contribution in [0.3, 0.4) is 0 Å². The van der Waals surface area contributed by atoms with Crippen LogP contribution in [0.15, 0.2) is 24.5 Å². The number of carbonyl (C=O) groups is 1. The van der Waals surface area contributed by atoms with Gasteiger partial charge in [0.05, 0.1) is 25.4 Å². The average molecular weight is 264 g/mol. The highest BCUT2D eigenvalue weighted by Crippen LogP contribution is 2.26. The van der Waals surface area contributed by atoms with Crippen LogP contribution >= 0.6 is 0 Å². The number of nitrogens with zero attached hydrogens (tertiary/aromatic N) is 1. The van der Waals surface area contributed by atoms with Crippen molar-refractivity contribution in [1.29, 1.82) is 0 Å². The van der Waals surface area contributed by atoms with E-state index in [1.54, 1.807) is 0 Å². The highest BCUT2D eigenvalue weighted by molar-refractivity contribution is 5.76. The van der Waals surface area contributed by atoms with Crippen LogP contribution in [0.5, 0.6) is 0 Å². The first kappa shape index (κ1) is 12.7. The van der Waals surface area contributed by atoms with Gasteiger partial charge in [-0.05, 0) is 31.4 Å². The minimum absolute atomic E-state index is 0.0661. The fourth-order valence-electron chi connectivity index (χ4n) is 2.91. The van der Waals surface area contributed by atoms with E-state index < -0.39 is 0 Å². The van der Waals surface area contributed by atoms with Gasteiger partial charge < -0.3 is 19.4 Å². The quantitative estimate of drug-likeness (QED) is 0.884. The average Bonchev–Trinajstić information content (AvgIpc) is 2.91. The monoisotopic (exact) mass is 264 g/mol. The molecule has 3 atom stereocenters. The maximum Gasteiger partial charge on any atom is 0.240 e. The molecule has 1 amide bonds. The van der Waals surface area contributed by atoms with Gasteiger partial charge in [-0.2, -0.15) is 0 Å². The van der Waals surface area contributed by atoms with Gasteiger partial charge in [-0.15, -0.1) is 0 Å². The second kappa shape index (κ2) is 5.75. The largest absolute Gasteiger partial charge is 0.373 e. The summed E-state index contributed by atoms with van der Waals surface area (Å²) >= 11 is 0. The summed E-state index contributed by atoms with van der Waals surface area (Å²) in [6.45, 7) is 1.76. The molecular formula is C14H20N2O3. The van der Waals surface area contributed by atoms with Crippen molar-refractivity contribution in [3.8, 4) is 0 Å². The lowest BCUT2D eigenvalue weighted by Crippen LogP contribution is -2.49. The van der Waals surface area contributed by atoms with E-state index in [1.165, 1.54) is 0 Å². The SMILES string of the molecule is O=C(Cn1cccc1)N[C@@H]1CC[C@H]2OCCO[C@@H]2C1. The second-order valence-electron chi connectivity index (χ2n) is 5.25. The van der Waals surface area contributed by atoms with Gasteiger partial charge in [0, 0.05) is 18.4 Å². The number of fused-ring (bicyclic) bond motifs is 1. The zero-order valence-electron chi connectivity index (χ0n) is 11.0. The van der Waals surface area contributed by atoms with E-state index in [-0.39, 0.29) is 24.2 Å². The molecule has 2 fully saturated rings. The topological polar surface area (TPSA) is 52.5 Å². The number of hydrogen-bond donors (Lipinski definition) is 1. The first-order valence-electron chi connectivity index (χ1n) is 6.94. The van der Waals surface area contributed by atoms with E-state index in [4.69, 9.17) is 9.47 Å². The molecule has 1 N–H and O–H groups in total. The summed E-state index contributed by atoms with van der Waals surface area (Å²) in [5.74, 6) is 0.0661. The normalized spacial score (nSPS) is 30.6. The lowest BCUT2D eigenvalue weighted by atomic mass is 9.89. The molecule has 3 rings (SSSR count). The lowest BCUT2D eigenvalue weighted by Gasteiger charge is -2.39. The number of nitrogens with one attached hydrogen (secondary N) is 1. The molecule has 5 heteroatoms. The Labute approximate surface area is 112 Å². The predicted molar refractivity (Wildman–Crippen MR) is 69.7 cm³/mol. The van der Waals surface area contributed by atoms with Crippen molar-refractivity contribution in [3.63, 3.8) is 0 Å². The summed E-state index contributed by atoms with van der Waals surface area (Å²) in [5.41, 5.74) is 0. The molecule has 5 nitrogen and oxygen atoms in total. The van der Waals surface area contributed by atoms with Gasteiger partial charge in [0.25, 0.3) is 0 Å². The van der Waals surface area contributed by atoms with Crippen molar-refractivity contribution in [2.75, 3.05) is 13.2 Å². The number of ether oxygens (including phenoxy) is 2. The molecule has 1 aromatic rings. The molecule has 2 aliphatic rings. The predicted octanol–water partition coefficient (Wildman–Crippen LogP) is 0.941. The molecule has 1 saturated heterocycles. The Morgan fingerprint density at radius 3 is 2.68 bits per heavy atom. The molecule has 1 saturated carbocycles. The first-order valence-corrected chi connectivity index (χ1v) is 6.94. The van der Waals surface area contributed by atoms with E-state index in [2.05, 4.69) is 5.32 Å². The number of amides is 1. The highest BCUT2D eigenvalue weighted by Gasteiger charge is 2.34. The van der Waals surface area contributed by atoms with Crippen LogP contribution in [0, 0.1) is 0 Å². The second-order valence-corrected chi connectivity index (χ2v) is 5.25. The van der Waals surface area contributed by atoms with Crippen LogP contribution in [-0.4, -0.2) is 41.9 Å². The minimum atomic E-state index is 0.0661. The lowest BCUT2D eigenvalue weighted by molar-refractivity contribution is -0.158. The van der Waals surface area contributed by atoms with Gasteiger partial charge in [0.1, 0.15) is 6.54 Å². The smallest absolute Gasteiger partial charge is 0.240 e. The summed E-state index contributed by atoms with van der Waals surface area (Å²) in [6.07, 6.45) is 6.98. The van der Waals surface area contributed by atoms with Gasteiger partial charge in [-0.25, -0.2) is 0 Å². The highest BCUT2D eigenvalue weighted by atomic mass is 16.6. The third-order valence-corrected chi connectivity index (χ3v) is 3.84. The van der Waals surface area contributed by atoms with Crippen LogP contribution < -0.4 is 5.32 Å². The fourth-order valence-corrected chi connectivity index (χ4v) is 2.91. The van der Waals surface area contributed by atoms with Crippen LogP contribution in [0.1, 0.15) is 19.3 Å². The van der Waals surface area contributed by atoms with Crippen molar-refractivity contribution >= 4 is 5.91 Å². The third-order valence-electron chi connectivity index (χ3n) is 3.84. The summed E-state index contributed by atoms with van der Waals surface area (Å²) in [5, 5.41) is 3.09. The molecule has 0 aromatic carbocycles. The van der Waals surface area contributed by atoms with Crippen LogP contribution in [0.25, 0.3) is 0 Å². The Kier molecular flexibility index (Phi) is 3.84. The van der Waals surface area contributed by atoms with Gasteiger partial charge in [-0.1, -0.05) is 0 Å². The number of carbonyl (C=O) groups excluding carboxylic acids is 1. The van der Waals surface area contributed by atoms with Crippen molar-refractivity contribution in [2.24, 2.45) is 0 Å². The van der Waals surface area contributed by atoms with Gasteiger partial charge >= 0.3 is 0 Å². The molecule has 0 spiro atoms. The molecular weight excluding hydrogens is 244 g/mol. The van der Waals surface area contributed by atoms with Gasteiger partial charge in [0.2, 0.25) is 5.91 Å². The Bertz CT molecular complexity index is 418. The van der Waals surface area contributed by atoms with Crippen molar-refractivity contribution < 1.29 is 14.3 Å². The fraction of sp³-hybridized carbons (Fsp3) is 0.643. The number of aromatic nitrogens is 1. The molecule has 1 aliphatic carbocycles. The Hall–Kier alpha value is -1.33. The minimum Gasteiger partial charge on any atom is -0.373 e. The Morgan fingerprint density at radius 1 is 1.16 bits per heavy atom. The molecule has 1 aromatic heterocycles. The number of hydrogen-bond acceptors (Lipinski definition) is 3. The van der Waals surface area contributed by atoms with E-state index in [1.807, 2.05) is 29.1 Å². The summed E-state index contributed by atoms with van der Waals surface area (Å²) < 4.78 is 13.3. The maximum absolute atomic E-state index is 11.9. The van der Waals surface area contributed by atoms with Crippen LogP contribution in [0.4, 0.5) is 0 Å². The zero-order chi connectivity index (χ0) is 13.1. The van der Waals surface area contributed by atoms with Crippen molar-refractivity contribution in [1.82, 2.24) is 9.88 Å². The van der Waals surface area contributed by atoms with Crippen LogP contribution in [0.2, 0.25) is 0 Å². The molecule has 104 valence electrons. The van der Waals surface area contributed by atoms with Crippen LogP contribution in [-0.2, 0) is 20.8 Å². The summed E-state index contributed by atoms with van der Waals surface area (Å²) in [6, 6.07) is 4.06. The first-order chi connectivity index (χ1) is 9.31. The molecule has 0 radical (unpaired) electrons. The van der Waals surface area contributed by atoms with E-state index in [0.29, 0.717) is 19.8 Å². The van der Waals surface area contributed by atoms with Crippen molar-refractivity contribution in [3.05, 3.63) is 24.5 Å². The summed E-state index contributed by atoms with van der Waals surface area (Å²) in [4.78, 5) is 11.9. The molecule has 2 heterocycles. The van der Waals surface area contributed by atoms with E-state index in [9.17, 15) is 4.79 Å². The Balaban J connectivity index is 1.49. The molecule has 19 heavy (non-hydrogen) atoms. The van der Waals surface area contributed by atoms with E-state index in [0.717, 1.165) is 19.3 Å². The third kappa shape index (κ3) is 3.16. The molecule has 0 unspecified atom stereocenters. The standard InChI is InChI=1S/C14H20N2O3/c17-14(10-16-5-1-2-6-16)15-11-3-4-12-13(9-11)19-8-7-18-12/h1-2,5-6,11-13H,3-4,7-10H2,(H,15,17)/t11-,12-,13-/m1/s1. The van der Waals surface area contributed by atoms with Crippen molar-refractivity contribution in [2.45, 2.75) is 44.1 Å². The molecule has 0 bridgehead atoms. The van der Waals surface area contributed by atoms with Gasteiger partial charge in [0.15, 0.2) is 0 Å². The van der Waals surface area contributed by atoms with Gasteiger partial charge in [-0.3, -0.25) is 4.79 Å². The van der Waals surface area contributed by atoms with E-state index >= 15 is 0 Å². The maximum atomic E-state index is 11.9. The zero-order valence-corrected chi connectivity index (χ0v) is 11.0. The Morgan fingerprint density at radius 2 is 1.89 bits per heavy atom.